The second-order valence-electron chi connectivity index (χ2n) is 7.93. The molecular formula is C21H20F3N7O. The third kappa shape index (κ3) is 3.29. The standard InChI is InChI=1S/C21H20F3N7O/c1-32-15-4-2-3-13-16(15)28-20(26)31-19(13)29-18(30-31)12-7-11(8-12)14-6-5-10(9-27-14)17(25)21(22,23)24/h2-6,9,11-12,17H,7-8,25H2,1H3,(H2,26,28)/t11-,12-,17-/m0/s1. The van der Waals surface area contributed by atoms with Crippen LogP contribution in [0.1, 0.15) is 47.8 Å². The van der Waals surface area contributed by atoms with Gasteiger partial charge in [0.2, 0.25) is 5.95 Å². The van der Waals surface area contributed by atoms with E-state index in [4.69, 9.17) is 21.2 Å². The first-order valence-electron chi connectivity index (χ1n) is 10.0. The fourth-order valence-corrected chi connectivity index (χ4v) is 4.08. The number of rotatable bonds is 4. The summed E-state index contributed by atoms with van der Waals surface area (Å²) in [6.07, 6.45) is -1.81. The molecule has 1 aromatic carbocycles. The number of benzene rings is 1. The van der Waals surface area contributed by atoms with E-state index in [-0.39, 0.29) is 23.3 Å². The van der Waals surface area contributed by atoms with E-state index in [9.17, 15) is 13.2 Å². The lowest BCUT2D eigenvalue weighted by Gasteiger charge is -2.33. The van der Waals surface area contributed by atoms with Crippen molar-refractivity contribution in [2.45, 2.75) is 36.9 Å². The van der Waals surface area contributed by atoms with Gasteiger partial charge < -0.3 is 16.2 Å². The van der Waals surface area contributed by atoms with E-state index in [1.165, 1.54) is 16.8 Å². The molecule has 166 valence electrons. The van der Waals surface area contributed by atoms with Crippen molar-refractivity contribution in [3.05, 3.63) is 53.6 Å². The van der Waals surface area contributed by atoms with Crippen LogP contribution in [-0.2, 0) is 0 Å². The van der Waals surface area contributed by atoms with Crippen LogP contribution < -0.4 is 16.2 Å². The number of nitrogens with two attached hydrogens (primary N) is 2. The van der Waals surface area contributed by atoms with Crippen molar-refractivity contribution in [3.63, 3.8) is 0 Å². The quantitative estimate of drug-likeness (QED) is 0.496. The van der Waals surface area contributed by atoms with Crippen LogP contribution in [0.4, 0.5) is 19.1 Å². The van der Waals surface area contributed by atoms with Crippen molar-refractivity contribution in [3.8, 4) is 5.75 Å². The largest absolute Gasteiger partial charge is 0.494 e. The van der Waals surface area contributed by atoms with E-state index in [1.807, 2.05) is 12.1 Å². The highest BCUT2D eigenvalue weighted by molar-refractivity contribution is 5.95. The van der Waals surface area contributed by atoms with Gasteiger partial charge in [0, 0.05) is 29.1 Å². The zero-order valence-electron chi connectivity index (χ0n) is 17.0. The van der Waals surface area contributed by atoms with Crippen molar-refractivity contribution < 1.29 is 17.9 Å². The Morgan fingerprint density at radius 1 is 1.12 bits per heavy atom. The van der Waals surface area contributed by atoms with Gasteiger partial charge in [-0.2, -0.15) is 17.7 Å². The Balaban J connectivity index is 1.37. The zero-order chi connectivity index (χ0) is 22.6. The van der Waals surface area contributed by atoms with E-state index in [1.54, 1.807) is 19.2 Å². The average molecular weight is 443 g/mol. The number of nitrogen functional groups attached to an aromatic ring is 1. The molecule has 3 heterocycles. The van der Waals surface area contributed by atoms with Gasteiger partial charge >= 0.3 is 6.18 Å². The maximum atomic E-state index is 12.8. The molecule has 8 nitrogen and oxygen atoms in total. The molecule has 4 N–H and O–H groups in total. The predicted octanol–water partition coefficient (Wildman–Crippen LogP) is 3.49. The lowest BCUT2D eigenvalue weighted by Crippen LogP contribution is -2.28. The molecule has 1 fully saturated rings. The SMILES string of the molecule is COc1cccc2c1nc(N)n1nc([C@H]3C[C@H](c4ccc([C@H](N)C(F)(F)F)cn4)C3)nc21. The number of halogens is 3. The van der Waals surface area contributed by atoms with Gasteiger partial charge in [-0.3, -0.25) is 4.98 Å². The lowest BCUT2D eigenvalue weighted by molar-refractivity contribution is -0.149. The third-order valence-electron chi connectivity index (χ3n) is 5.97. The Morgan fingerprint density at radius 2 is 1.91 bits per heavy atom. The number of ether oxygens (including phenoxy) is 1. The molecule has 0 radical (unpaired) electrons. The third-order valence-corrected chi connectivity index (χ3v) is 5.97. The van der Waals surface area contributed by atoms with Gasteiger partial charge in [-0.15, -0.1) is 5.10 Å². The molecule has 0 amide bonds. The Labute approximate surface area is 180 Å². The molecule has 32 heavy (non-hydrogen) atoms. The van der Waals surface area contributed by atoms with E-state index >= 15 is 0 Å². The number of nitrogens with zero attached hydrogens (tertiary/aromatic N) is 5. The van der Waals surface area contributed by atoms with E-state index in [0.717, 1.165) is 23.9 Å². The first-order valence-corrected chi connectivity index (χ1v) is 10.0. The number of methoxy groups -OCH3 is 1. The summed E-state index contributed by atoms with van der Waals surface area (Å²) in [6.45, 7) is 0. The van der Waals surface area contributed by atoms with Crippen LogP contribution in [-0.4, -0.2) is 37.9 Å². The summed E-state index contributed by atoms with van der Waals surface area (Å²) in [5.74, 6) is 1.68. The summed E-state index contributed by atoms with van der Waals surface area (Å²) < 4.78 is 45.2. The van der Waals surface area contributed by atoms with Crippen LogP contribution in [0.2, 0.25) is 0 Å². The molecular weight excluding hydrogens is 423 g/mol. The van der Waals surface area contributed by atoms with Gasteiger partial charge in [0.25, 0.3) is 0 Å². The molecule has 3 aromatic heterocycles. The highest BCUT2D eigenvalue weighted by atomic mass is 19.4. The second kappa shape index (κ2) is 7.30. The number of pyridine rings is 1. The monoisotopic (exact) mass is 443 g/mol. The topological polar surface area (TPSA) is 117 Å². The Bertz CT molecular complexity index is 1300. The van der Waals surface area contributed by atoms with Crippen LogP contribution in [0.3, 0.4) is 0 Å². The van der Waals surface area contributed by atoms with Crippen LogP contribution in [0.5, 0.6) is 5.75 Å². The van der Waals surface area contributed by atoms with Crippen molar-refractivity contribution in [1.29, 1.82) is 0 Å². The molecule has 0 aliphatic heterocycles. The molecule has 0 spiro atoms. The van der Waals surface area contributed by atoms with Crippen LogP contribution in [0.25, 0.3) is 16.6 Å². The number of aromatic nitrogens is 5. The lowest BCUT2D eigenvalue weighted by atomic mass is 9.72. The molecule has 11 heteroatoms. The summed E-state index contributed by atoms with van der Waals surface area (Å²) in [6, 6.07) is 6.52. The Hall–Kier alpha value is -3.47. The molecule has 5 rings (SSSR count). The minimum atomic E-state index is -4.50. The van der Waals surface area contributed by atoms with E-state index in [0.29, 0.717) is 22.7 Å². The van der Waals surface area contributed by atoms with Gasteiger partial charge in [0.15, 0.2) is 11.5 Å². The summed E-state index contributed by atoms with van der Waals surface area (Å²) >= 11 is 0. The first-order chi connectivity index (χ1) is 15.3. The molecule has 1 saturated carbocycles. The summed E-state index contributed by atoms with van der Waals surface area (Å²) in [5, 5.41) is 5.33. The van der Waals surface area contributed by atoms with Crippen LogP contribution in [0.15, 0.2) is 36.5 Å². The fraction of sp³-hybridized carbons (Fsp3) is 0.333. The van der Waals surface area contributed by atoms with E-state index in [2.05, 4.69) is 15.1 Å². The van der Waals surface area contributed by atoms with Gasteiger partial charge in [-0.1, -0.05) is 12.1 Å². The summed E-state index contributed by atoms with van der Waals surface area (Å²) in [4.78, 5) is 13.3. The molecule has 0 unspecified atom stereocenters. The Morgan fingerprint density at radius 3 is 2.56 bits per heavy atom. The number of anilines is 1. The molecule has 0 saturated heterocycles. The molecule has 1 atom stereocenters. The highest BCUT2D eigenvalue weighted by Gasteiger charge is 2.39. The summed E-state index contributed by atoms with van der Waals surface area (Å²) in [5.41, 5.74) is 13.2. The second-order valence-corrected chi connectivity index (χ2v) is 7.93. The molecule has 0 bridgehead atoms. The Kier molecular flexibility index (Phi) is 4.66. The van der Waals surface area contributed by atoms with Crippen molar-refractivity contribution >= 4 is 22.5 Å². The normalized spacial score (nSPS) is 19.8. The molecule has 4 aromatic rings. The maximum Gasteiger partial charge on any atom is 0.407 e. The van der Waals surface area contributed by atoms with Gasteiger partial charge in [-0.05, 0) is 36.6 Å². The van der Waals surface area contributed by atoms with Crippen LogP contribution in [0, 0.1) is 0 Å². The maximum absolute atomic E-state index is 12.8. The van der Waals surface area contributed by atoms with Crippen molar-refractivity contribution in [1.82, 2.24) is 24.6 Å². The smallest absolute Gasteiger partial charge is 0.407 e. The van der Waals surface area contributed by atoms with Crippen molar-refractivity contribution in [2.75, 3.05) is 12.8 Å². The summed E-state index contributed by atoms with van der Waals surface area (Å²) in [7, 11) is 1.57. The first kappa shape index (κ1) is 20.4. The minimum absolute atomic E-state index is 0.0515. The molecule has 1 aliphatic carbocycles. The number of hydrogen-bond donors (Lipinski definition) is 2. The number of para-hydroxylation sites is 1. The number of alkyl halides is 3. The average Bonchev–Trinajstić information content (AvgIpc) is 3.17. The number of hydrogen-bond acceptors (Lipinski definition) is 7. The zero-order valence-corrected chi connectivity index (χ0v) is 17.0. The highest BCUT2D eigenvalue weighted by Crippen LogP contribution is 2.46. The molecule has 1 aliphatic rings. The minimum Gasteiger partial charge on any atom is -0.494 e. The van der Waals surface area contributed by atoms with Crippen molar-refractivity contribution in [2.24, 2.45) is 5.73 Å². The fourth-order valence-electron chi connectivity index (χ4n) is 4.08. The van der Waals surface area contributed by atoms with Gasteiger partial charge in [-0.25, -0.2) is 9.97 Å². The van der Waals surface area contributed by atoms with Crippen LogP contribution >= 0.6 is 0 Å². The number of fused-ring (bicyclic) bond motifs is 3. The van der Waals surface area contributed by atoms with Gasteiger partial charge in [0.05, 0.1) is 7.11 Å². The van der Waals surface area contributed by atoms with E-state index < -0.39 is 12.2 Å². The van der Waals surface area contributed by atoms with Gasteiger partial charge in [0.1, 0.15) is 17.3 Å². The predicted molar refractivity (Wildman–Crippen MR) is 111 cm³/mol.